The Hall–Kier alpha value is -0.850. The van der Waals surface area contributed by atoms with Crippen LogP contribution in [-0.4, -0.2) is 83.3 Å². The monoisotopic (exact) mass is 430 g/mol. The topological polar surface area (TPSA) is 153 Å². The molecular weight excluding hydrogens is 388 g/mol. The summed E-state index contributed by atoms with van der Waals surface area (Å²) >= 11 is 0. The van der Waals surface area contributed by atoms with Crippen LogP contribution >= 0.6 is 0 Å². The molecule has 30 heavy (non-hydrogen) atoms. The lowest BCUT2D eigenvalue weighted by Crippen LogP contribution is -2.50. The minimum Gasteiger partial charge on any atom is -0.391 e. The predicted octanol–water partition coefficient (Wildman–Crippen LogP) is -1.43. The Morgan fingerprint density at radius 1 is 1.13 bits per heavy atom. The van der Waals surface area contributed by atoms with E-state index in [1.165, 1.54) is 0 Å². The second-order valence-electron chi connectivity index (χ2n) is 8.72. The van der Waals surface area contributed by atoms with E-state index in [1.54, 1.807) is 13.3 Å². The van der Waals surface area contributed by atoms with Gasteiger partial charge in [0, 0.05) is 30.9 Å². The molecule has 0 bridgehead atoms. The van der Waals surface area contributed by atoms with E-state index in [4.69, 9.17) is 0 Å². The molecule has 1 aliphatic heterocycles. The average Bonchev–Trinajstić information content (AvgIpc) is 3.09. The lowest BCUT2D eigenvalue weighted by atomic mass is 9.81. The molecule has 7 atom stereocenters. The van der Waals surface area contributed by atoms with Gasteiger partial charge in [-0.1, -0.05) is 6.92 Å². The molecule has 1 saturated heterocycles. The summed E-state index contributed by atoms with van der Waals surface area (Å²) in [5.74, 6) is 0.779. The van der Waals surface area contributed by atoms with Crippen molar-refractivity contribution in [1.82, 2.24) is 26.7 Å². The van der Waals surface area contributed by atoms with Crippen molar-refractivity contribution in [2.24, 2.45) is 16.9 Å². The van der Waals surface area contributed by atoms with Gasteiger partial charge in [-0.15, -0.1) is 0 Å². The van der Waals surface area contributed by atoms with E-state index in [1.807, 2.05) is 13.8 Å². The van der Waals surface area contributed by atoms with Crippen molar-refractivity contribution < 1.29 is 20.4 Å². The molecular formula is C20H42N6O4. The highest BCUT2D eigenvalue weighted by atomic mass is 16.3. The van der Waals surface area contributed by atoms with E-state index in [2.05, 4.69) is 31.8 Å². The van der Waals surface area contributed by atoms with E-state index in [0.717, 1.165) is 32.1 Å². The third-order valence-electron chi connectivity index (χ3n) is 6.44. The summed E-state index contributed by atoms with van der Waals surface area (Å²) in [7, 11) is 1.77. The molecule has 0 spiro atoms. The molecule has 1 saturated carbocycles. The van der Waals surface area contributed by atoms with Crippen molar-refractivity contribution in [1.29, 1.82) is 0 Å². The maximum absolute atomic E-state index is 10.3. The molecule has 4 unspecified atom stereocenters. The summed E-state index contributed by atoms with van der Waals surface area (Å²) in [6.45, 7) is 4.56. The van der Waals surface area contributed by atoms with Crippen LogP contribution in [0.3, 0.4) is 0 Å². The standard InChI is InChI=1S/C20H42N6O4/c1-4-15(25-19(29)16-9-17(27)12(2)24-16)11-23-26-20(30)22-10-13-5-7-14(8-6-13)18(28)21-3/h11-22,24-30H,4-10H2,1-3H3/b23-11+/t12?,13?,14?,15-,16-,17-,18?,19?,20?/m0/s1. The summed E-state index contributed by atoms with van der Waals surface area (Å²) in [6.07, 6.45) is 4.23. The van der Waals surface area contributed by atoms with Crippen LogP contribution in [0.2, 0.25) is 0 Å². The minimum absolute atomic E-state index is 0.0356. The maximum Gasteiger partial charge on any atom is 0.196 e. The zero-order valence-electron chi connectivity index (χ0n) is 18.5. The smallest absolute Gasteiger partial charge is 0.196 e. The molecule has 1 heterocycles. The van der Waals surface area contributed by atoms with Crippen LogP contribution in [0.15, 0.2) is 5.10 Å². The van der Waals surface area contributed by atoms with Crippen LogP contribution in [0.25, 0.3) is 0 Å². The number of aliphatic hydroxyl groups excluding tert-OH is 4. The number of hydrazone groups is 1. The molecule has 0 aromatic carbocycles. The fraction of sp³-hybridized carbons (Fsp3) is 0.950. The summed E-state index contributed by atoms with van der Waals surface area (Å²) in [5, 5.41) is 56.4. The lowest BCUT2D eigenvalue weighted by Gasteiger charge is -2.31. The molecule has 9 N–H and O–H groups in total. The summed E-state index contributed by atoms with van der Waals surface area (Å²) < 4.78 is 0. The number of hydrogen-bond donors (Lipinski definition) is 9. The van der Waals surface area contributed by atoms with Crippen molar-refractivity contribution in [2.45, 2.75) is 95.4 Å². The summed E-state index contributed by atoms with van der Waals surface area (Å²) in [5.41, 5.74) is 2.67. The molecule has 0 amide bonds. The van der Waals surface area contributed by atoms with E-state index < -0.39 is 24.9 Å². The lowest BCUT2D eigenvalue weighted by molar-refractivity contribution is 0.0475. The van der Waals surface area contributed by atoms with Crippen LogP contribution in [-0.2, 0) is 0 Å². The van der Waals surface area contributed by atoms with Crippen molar-refractivity contribution in [2.75, 3.05) is 13.6 Å². The Morgan fingerprint density at radius 2 is 1.83 bits per heavy atom. The summed E-state index contributed by atoms with van der Waals surface area (Å²) in [4.78, 5) is 0. The highest BCUT2D eigenvalue weighted by molar-refractivity contribution is 5.63. The van der Waals surface area contributed by atoms with Crippen LogP contribution in [0.4, 0.5) is 0 Å². The minimum atomic E-state index is -0.947. The Kier molecular flexibility index (Phi) is 10.9. The number of hydrogen-bond acceptors (Lipinski definition) is 10. The van der Waals surface area contributed by atoms with Crippen LogP contribution in [0.5, 0.6) is 0 Å². The number of nitrogens with one attached hydrogen (secondary N) is 5. The Balaban J connectivity index is 1.63. The molecule has 0 aromatic heterocycles. The van der Waals surface area contributed by atoms with E-state index in [9.17, 15) is 20.4 Å². The van der Waals surface area contributed by atoms with Gasteiger partial charge in [0.15, 0.2) is 6.35 Å². The molecule has 10 nitrogen and oxygen atoms in total. The van der Waals surface area contributed by atoms with Gasteiger partial charge >= 0.3 is 0 Å². The van der Waals surface area contributed by atoms with Gasteiger partial charge in [0.2, 0.25) is 0 Å². The second kappa shape index (κ2) is 12.9. The van der Waals surface area contributed by atoms with Gasteiger partial charge in [0.05, 0.1) is 6.10 Å². The highest BCUT2D eigenvalue weighted by Crippen LogP contribution is 2.29. The van der Waals surface area contributed by atoms with Crippen molar-refractivity contribution in [3.63, 3.8) is 0 Å². The number of rotatable bonds is 12. The normalized spacial score (nSPS) is 34.0. The fourth-order valence-electron chi connectivity index (χ4n) is 4.27. The molecule has 1 aliphatic carbocycles. The largest absolute Gasteiger partial charge is 0.391 e. The molecule has 2 rings (SSSR count). The van der Waals surface area contributed by atoms with Gasteiger partial charge in [0.1, 0.15) is 12.5 Å². The first-order valence-corrected chi connectivity index (χ1v) is 11.3. The molecule has 2 aliphatic rings. The van der Waals surface area contributed by atoms with E-state index >= 15 is 0 Å². The SMILES string of the molecule is CC[C@@H](/C=N/NC(O)NCC1CCC(C(O)NC)CC1)NC(O)[C@@H]1C[C@H](O)C(C)N1. The third-order valence-corrected chi connectivity index (χ3v) is 6.44. The predicted molar refractivity (Wildman–Crippen MR) is 116 cm³/mol. The van der Waals surface area contributed by atoms with Crippen LogP contribution in [0.1, 0.15) is 52.4 Å². The molecule has 0 aromatic rings. The molecule has 176 valence electrons. The Bertz CT molecular complexity index is 496. The Labute approximate surface area is 179 Å². The first-order valence-electron chi connectivity index (χ1n) is 11.3. The first kappa shape index (κ1) is 25.4. The highest BCUT2D eigenvalue weighted by Gasteiger charge is 2.33. The molecule has 0 radical (unpaired) electrons. The molecule has 10 heteroatoms. The van der Waals surface area contributed by atoms with Gasteiger partial charge in [-0.2, -0.15) is 5.10 Å². The zero-order chi connectivity index (χ0) is 22.1. The van der Waals surface area contributed by atoms with Gasteiger partial charge in [0.25, 0.3) is 0 Å². The van der Waals surface area contributed by atoms with Gasteiger partial charge in [-0.3, -0.25) is 21.4 Å². The van der Waals surface area contributed by atoms with Crippen molar-refractivity contribution in [3.05, 3.63) is 0 Å². The second-order valence-corrected chi connectivity index (χ2v) is 8.72. The molecule has 2 fully saturated rings. The van der Waals surface area contributed by atoms with E-state index in [0.29, 0.717) is 24.8 Å². The van der Waals surface area contributed by atoms with Crippen molar-refractivity contribution >= 4 is 6.21 Å². The number of aliphatic hydroxyl groups is 4. The van der Waals surface area contributed by atoms with Crippen LogP contribution in [0, 0.1) is 11.8 Å². The Morgan fingerprint density at radius 3 is 2.40 bits per heavy atom. The van der Waals surface area contributed by atoms with Gasteiger partial charge < -0.3 is 25.7 Å². The quantitative estimate of drug-likeness (QED) is 0.103. The first-order chi connectivity index (χ1) is 14.3. The third kappa shape index (κ3) is 8.01. The fourth-order valence-corrected chi connectivity index (χ4v) is 4.27. The zero-order valence-corrected chi connectivity index (χ0v) is 18.5. The number of nitrogens with zero attached hydrogens (tertiary/aromatic N) is 1. The van der Waals surface area contributed by atoms with Crippen molar-refractivity contribution in [3.8, 4) is 0 Å². The van der Waals surface area contributed by atoms with E-state index in [-0.39, 0.29) is 18.1 Å². The van der Waals surface area contributed by atoms with Gasteiger partial charge in [-0.25, -0.2) is 0 Å². The summed E-state index contributed by atoms with van der Waals surface area (Å²) in [6, 6.07) is -0.406. The van der Waals surface area contributed by atoms with Gasteiger partial charge in [-0.05, 0) is 64.3 Å². The van der Waals surface area contributed by atoms with Crippen LogP contribution < -0.4 is 26.7 Å². The maximum atomic E-state index is 10.3. The average molecular weight is 431 g/mol.